The quantitative estimate of drug-likeness (QED) is 0.775. The third-order valence-corrected chi connectivity index (χ3v) is 6.51. The molecule has 2 unspecified atom stereocenters. The molecule has 1 saturated carbocycles. The summed E-state index contributed by atoms with van der Waals surface area (Å²) in [6, 6.07) is 0. The van der Waals surface area contributed by atoms with Crippen LogP contribution < -0.4 is 5.73 Å². The third kappa shape index (κ3) is 1.89. The summed E-state index contributed by atoms with van der Waals surface area (Å²) in [5, 5.41) is 2.05. The third-order valence-electron chi connectivity index (χ3n) is 5.11. The van der Waals surface area contributed by atoms with Crippen LogP contribution in [-0.2, 0) is 12.8 Å². The molecule has 0 aromatic carbocycles. The first-order valence-electron chi connectivity index (χ1n) is 7.82. The first-order valence-corrected chi connectivity index (χ1v) is 8.70. The number of aromatic nitrogens is 1. The van der Waals surface area contributed by atoms with Crippen molar-refractivity contribution in [1.82, 2.24) is 4.98 Å². The molecule has 19 heavy (non-hydrogen) atoms. The molecule has 0 radical (unpaired) electrons. The van der Waals surface area contributed by atoms with Crippen LogP contribution in [0.5, 0.6) is 0 Å². The Kier molecular flexibility index (Phi) is 2.98. The largest absolute Gasteiger partial charge is 0.398 e. The van der Waals surface area contributed by atoms with Crippen LogP contribution in [-0.4, -0.2) is 10.2 Å². The van der Waals surface area contributed by atoms with Gasteiger partial charge < -0.3 is 5.73 Å². The lowest BCUT2D eigenvalue weighted by atomic mass is 9.87. The van der Waals surface area contributed by atoms with Gasteiger partial charge in [0.05, 0.1) is 0 Å². The highest BCUT2D eigenvalue weighted by atomic mass is 32.2. The summed E-state index contributed by atoms with van der Waals surface area (Å²) in [7, 11) is 0. The van der Waals surface area contributed by atoms with Crippen molar-refractivity contribution in [3.05, 3.63) is 16.8 Å². The van der Waals surface area contributed by atoms with Gasteiger partial charge in [0.2, 0.25) is 0 Å². The molecule has 2 heterocycles. The number of pyridine rings is 1. The maximum Gasteiger partial charge on any atom is 0.102 e. The van der Waals surface area contributed by atoms with Crippen LogP contribution in [0, 0.1) is 0 Å². The lowest BCUT2D eigenvalue weighted by molar-refractivity contribution is 0.603. The second-order valence-electron chi connectivity index (χ2n) is 6.28. The van der Waals surface area contributed by atoms with E-state index >= 15 is 0 Å². The predicted octanol–water partition coefficient (Wildman–Crippen LogP) is 4.06. The van der Waals surface area contributed by atoms with E-state index in [0.29, 0.717) is 5.92 Å². The summed E-state index contributed by atoms with van der Waals surface area (Å²) in [5.41, 5.74) is 11.8. The molecule has 1 aromatic heterocycles. The van der Waals surface area contributed by atoms with Gasteiger partial charge in [0.1, 0.15) is 5.03 Å². The van der Waals surface area contributed by atoms with Crippen molar-refractivity contribution in [1.29, 1.82) is 0 Å². The van der Waals surface area contributed by atoms with E-state index in [4.69, 9.17) is 10.7 Å². The van der Waals surface area contributed by atoms with Gasteiger partial charge in [-0.25, -0.2) is 4.98 Å². The van der Waals surface area contributed by atoms with Gasteiger partial charge >= 0.3 is 0 Å². The van der Waals surface area contributed by atoms with E-state index in [-0.39, 0.29) is 0 Å². The standard InChI is InChI=1S/C16H22N2S/c17-15-10-6-4-5-8-12(10)18-16-14(15)11-7-2-1-3-9-13(11)19-16/h11,13H,1-9H2,(H2,17,18). The average Bonchev–Trinajstić information content (AvgIpc) is 2.62. The van der Waals surface area contributed by atoms with Gasteiger partial charge in [-0.05, 0) is 44.1 Å². The van der Waals surface area contributed by atoms with Crippen LogP contribution in [0.3, 0.4) is 0 Å². The number of nitrogens with zero attached hydrogens (tertiary/aromatic N) is 1. The van der Waals surface area contributed by atoms with Crippen LogP contribution in [0.1, 0.15) is 67.7 Å². The number of nitrogens with two attached hydrogens (primary N) is 1. The number of aryl methyl sites for hydroxylation is 1. The average molecular weight is 274 g/mol. The minimum absolute atomic E-state index is 0.697. The maximum atomic E-state index is 6.56. The van der Waals surface area contributed by atoms with E-state index < -0.39 is 0 Å². The van der Waals surface area contributed by atoms with Crippen LogP contribution in [0.2, 0.25) is 0 Å². The Bertz CT molecular complexity index is 512. The summed E-state index contributed by atoms with van der Waals surface area (Å²) < 4.78 is 0. The molecular weight excluding hydrogens is 252 g/mol. The Morgan fingerprint density at radius 1 is 1.00 bits per heavy atom. The van der Waals surface area contributed by atoms with Crippen molar-refractivity contribution in [2.24, 2.45) is 0 Å². The Hall–Kier alpha value is -0.700. The molecule has 0 bridgehead atoms. The van der Waals surface area contributed by atoms with Gasteiger partial charge in [0.25, 0.3) is 0 Å². The molecule has 3 aliphatic rings. The van der Waals surface area contributed by atoms with E-state index in [0.717, 1.165) is 23.8 Å². The molecule has 4 rings (SSSR count). The molecule has 1 aromatic rings. The van der Waals surface area contributed by atoms with E-state index in [1.807, 2.05) is 11.8 Å². The number of thioether (sulfide) groups is 1. The highest BCUT2D eigenvalue weighted by molar-refractivity contribution is 8.00. The van der Waals surface area contributed by atoms with E-state index in [1.54, 1.807) is 0 Å². The molecule has 3 heteroatoms. The highest BCUT2D eigenvalue weighted by Gasteiger charge is 2.38. The normalized spacial score (nSPS) is 29.3. The van der Waals surface area contributed by atoms with Crippen LogP contribution in [0.4, 0.5) is 5.69 Å². The summed E-state index contributed by atoms with van der Waals surface area (Å²) in [6.07, 6.45) is 11.7. The SMILES string of the molecule is Nc1c2c(nc3c1C1CCCCCC1S3)CCCC2. The van der Waals surface area contributed by atoms with Crippen molar-refractivity contribution in [2.75, 3.05) is 5.73 Å². The molecule has 2 N–H and O–H groups in total. The molecule has 1 fully saturated rings. The number of anilines is 1. The Balaban J connectivity index is 1.81. The van der Waals surface area contributed by atoms with Gasteiger partial charge in [0.15, 0.2) is 0 Å². The fraction of sp³-hybridized carbons (Fsp3) is 0.688. The lowest BCUT2D eigenvalue weighted by Gasteiger charge is -2.21. The van der Waals surface area contributed by atoms with Crippen LogP contribution >= 0.6 is 11.8 Å². The monoisotopic (exact) mass is 274 g/mol. The number of hydrogen-bond acceptors (Lipinski definition) is 3. The fourth-order valence-electron chi connectivity index (χ4n) is 4.10. The summed E-state index contributed by atoms with van der Waals surface area (Å²) >= 11 is 2.03. The van der Waals surface area contributed by atoms with E-state index in [1.165, 1.54) is 66.8 Å². The van der Waals surface area contributed by atoms with Crippen LogP contribution in [0.15, 0.2) is 5.03 Å². The van der Waals surface area contributed by atoms with Gasteiger partial charge in [-0.2, -0.15) is 0 Å². The number of hydrogen-bond donors (Lipinski definition) is 1. The zero-order valence-corrected chi connectivity index (χ0v) is 12.3. The Labute approximate surface area is 119 Å². The van der Waals surface area contributed by atoms with Gasteiger partial charge in [0, 0.05) is 28.1 Å². The molecule has 2 atom stereocenters. The molecular formula is C16H22N2S. The molecule has 2 nitrogen and oxygen atoms in total. The number of rotatable bonds is 0. The molecule has 1 aliphatic heterocycles. The van der Waals surface area contributed by atoms with Crippen molar-refractivity contribution >= 4 is 17.4 Å². The Morgan fingerprint density at radius 2 is 1.84 bits per heavy atom. The molecule has 2 aliphatic carbocycles. The first-order chi connectivity index (χ1) is 9.34. The Morgan fingerprint density at radius 3 is 2.79 bits per heavy atom. The van der Waals surface area contributed by atoms with Gasteiger partial charge in [-0.3, -0.25) is 0 Å². The predicted molar refractivity (Wildman–Crippen MR) is 80.8 cm³/mol. The van der Waals surface area contributed by atoms with E-state index in [9.17, 15) is 0 Å². The van der Waals surface area contributed by atoms with E-state index in [2.05, 4.69) is 0 Å². The molecule has 102 valence electrons. The molecule has 0 spiro atoms. The van der Waals surface area contributed by atoms with Crippen molar-refractivity contribution in [2.45, 2.75) is 74.0 Å². The van der Waals surface area contributed by atoms with Crippen molar-refractivity contribution in [3.8, 4) is 0 Å². The second kappa shape index (κ2) is 4.69. The van der Waals surface area contributed by atoms with Crippen molar-refractivity contribution in [3.63, 3.8) is 0 Å². The molecule has 0 amide bonds. The minimum atomic E-state index is 0.697. The lowest BCUT2D eigenvalue weighted by Crippen LogP contribution is -2.14. The highest BCUT2D eigenvalue weighted by Crippen LogP contribution is 2.53. The number of fused-ring (bicyclic) bond motifs is 4. The topological polar surface area (TPSA) is 38.9 Å². The maximum absolute atomic E-state index is 6.56. The summed E-state index contributed by atoms with van der Waals surface area (Å²) in [4.78, 5) is 4.99. The first kappa shape index (κ1) is 12.1. The minimum Gasteiger partial charge on any atom is -0.398 e. The van der Waals surface area contributed by atoms with Crippen LogP contribution in [0.25, 0.3) is 0 Å². The zero-order chi connectivity index (χ0) is 12.8. The number of nitrogen functional groups attached to an aromatic ring is 1. The molecule has 0 saturated heterocycles. The second-order valence-corrected chi connectivity index (χ2v) is 7.51. The van der Waals surface area contributed by atoms with Gasteiger partial charge in [-0.15, -0.1) is 11.8 Å². The summed E-state index contributed by atoms with van der Waals surface area (Å²) in [6.45, 7) is 0. The van der Waals surface area contributed by atoms with Gasteiger partial charge in [-0.1, -0.05) is 19.3 Å². The summed E-state index contributed by atoms with van der Waals surface area (Å²) in [5.74, 6) is 0.697. The smallest absolute Gasteiger partial charge is 0.102 e. The van der Waals surface area contributed by atoms with Crippen molar-refractivity contribution < 1.29 is 0 Å². The zero-order valence-electron chi connectivity index (χ0n) is 11.5. The fourth-order valence-corrected chi connectivity index (χ4v) is 5.66.